The lowest BCUT2D eigenvalue weighted by molar-refractivity contribution is -0.385. The van der Waals surface area contributed by atoms with E-state index in [0.29, 0.717) is 0 Å². The van der Waals surface area contributed by atoms with Crippen LogP contribution in [0.1, 0.15) is 29.8 Å². The highest BCUT2D eigenvalue weighted by atomic mass is 19.4. The predicted octanol–water partition coefficient (Wildman–Crippen LogP) is 4.38. The van der Waals surface area contributed by atoms with Gasteiger partial charge in [-0.3, -0.25) is 24.5 Å². The van der Waals surface area contributed by atoms with Gasteiger partial charge in [-0.2, -0.15) is 13.2 Å². The number of nitro groups is 1. The zero-order valence-electron chi connectivity index (χ0n) is 15.1. The van der Waals surface area contributed by atoms with Crippen molar-refractivity contribution in [3.8, 4) is 11.5 Å². The summed E-state index contributed by atoms with van der Waals surface area (Å²) in [5.41, 5.74) is -2.20. The van der Waals surface area contributed by atoms with Crippen LogP contribution in [-0.4, -0.2) is 22.3 Å². The first-order chi connectivity index (χ1) is 13.4. The van der Waals surface area contributed by atoms with Crippen LogP contribution in [0.2, 0.25) is 0 Å². The van der Waals surface area contributed by atoms with E-state index in [1.165, 1.54) is 6.07 Å². The molecule has 0 unspecified atom stereocenters. The van der Waals surface area contributed by atoms with Crippen molar-refractivity contribution in [2.24, 2.45) is 5.92 Å². The fourth-order valence-electron chi connectivity index (χ4n) is 2.62. The number of nitro benzene ring substituents is 1. The van der Waals surface area contributed by atoms with Gasteiger partial charge in [-0.25, -0.2) is 0 Å². The summed E-state index contributed by atoms with van der Waals surface area (Å²) in [6, 6.07) is 6.81. The summed E-state index contributed by atoms with van der Waals surface area (Å²) in [7, 11) is 0. The fourth-order valence-corrected chi connectivity index (χ4v) is 2.62. The van der Waals surface area contributed by atoms with Gasteiger partial charge in [0.1, 0.15) is 34.5 Å². The first kappa shape index (κ1) is 21.7. The Bertz CT molecular complexity index is 986. The molecule has 0 aromatic heterocycles. The maximum Gasteiger partial charge on any atom is 0.416 e. The van der Waals surface area contributed by atoms with Crippen LogP contribution in [0, 0.1) is 16.0 Å². The van der Waals surface area contributed by atoms with Gasteiger partial charge in [0, 0.05) is 6.07 Å². The van der Waals surface area contributed by atoms with Crippen molar-refractivity contribution in [3.63, 3.8) is 0 Å². The number of halogens is 3. The van der Waals surface area contributed by atoms with E-state index in [9.17, 15) is 37.7 Å². The zero-order valence-corrected chi connectivity index (χ0v) is 15.1. The highest BCUT2D eigenvalue weighted by molar-refractivity contribution is 6.24. The van der Waals surface area contributed by atoms with Crippen molar-refractivity contribution in [3.05, 3.63) is 63.7 Å². The molecule has 0 bridgehead atoms. The normalized spacial score (nSPS) is 11.2. The molecule has 2 rings (SSSR count). The fraction of sp³-hybridized carbons (Fsp3) is 0.211. The molecule has 0 spiro atoms. The summed E-state index contributed by atoms with van der Waals surface area (Å²) >= 11 is 0. The van der Waals surface area contributed by atoms with Crippen molar-refractivity contribution in [1.82, 2.24) is 0 Å². The number of hydrogen-bond donors (Lipinski definition) is 0. The molecule has 7 nitrogen and oxygen atoms in total. The van der Waals surface area contributed by atoms with Crippen molar-refractivity contribution in [2.75, 3.05) is 0 Å². The number of carbonyl (C=O) groups is 3. The Morgan fingerprint density at radius 3 is 2.10 bits per heavy atom. The SMILES string of the molecule is CC(=O)C(C(C)=O)C(=O)c1cc(Oc2cccc(C(F)(F)F)c2)ccc1[N+](=O)[O-]. The number of benzene rings is 2. The Balaban J connectivity index is 2.48. The number of alkyl halides is 3. The molecule has 0 radical (unpaired) electrons. The van der Waals surface area contributed by atoms with Crippen LogP contribution in [0.15, 0.2) is 42.5 Å². The van der Waals surface area contributed by atoms with Gasteiger partial charge in [-0.1, -0.05) is 6.07 Å². The van der Waals surface area contributed by atoms with Crippen molar-refractivity contribution < 1.29 is 37.2 Å². The average Bonchev–Trinajstić information content (AvgIpc) is 2.60. The molecule has 0 aliphatic heterocycles. The Hall–Kier alpha value is -3.56. The molecule has 0 fully saturated rings. The van der Waals surface area contributed by atoms with Gasteiger partial charge < -0.3 is 4.74 Å². The Morgan fingerprint density at radius 2 is 1.59 bits per heavy atom. The molecule has 152 valence electrons. The first-order valence-corrected chi connectivity index (χ1v) is 8.10. The monoisotopic (exact) mass is 409 g/mol. The zero-order chi connectivity index (χ0) is 21.9. The molecule has 0 aliphatic carbocycles. The molecule has 0 atom stereocenters. The molecular weight excluding hydrogens is 395 g/mol. The standard InChI is InChI=1S/C19H14F3NO6/c1-10(24)17(11(2)25)18(26)15-9-14(6-7-16(15)23(27)28)29-13-5-3-4-12(8-13)19(20,21)22/h3-9,17H,1-2H3. The molecule has 0 aliphatic rings. The molecular formula is C19H14F3NO6. The van der Waals surface area contributed by atoms with E-state index in [1.807, 2.05) is 0 Å². The second-order valence-corrected chi connectivity index (χ2v) is 6.08. The summed E-state index contributed by atoms with van der Waals surface area (Å²) < 4.78 is 43.8. The number of Topliss-reactive ketones (excluding diaryl/α,β-unsaturated/α-hetero) is 3. The van der Waals surface area contributed by atoms with Gasteiger partial charge in [0.2, 0.25) is 0 Å². The maximum atomic E-state index is 12.8. The third kappa shape index (κ3) is 5.03. The number of rotatable bonds is 7. The third-order valence-corrected chi connectivity index (χ3v) is 3.90. The number of ether oxygens (including phenoxy) is 1. The topological polar surface area (TPSA) is 104 Å². The van der Waals surface area contributed by atoms with Crippen LogP contribution in [0.5, 0.6) is 11.5 Å². The van der Waals surface area contributed by atoms with Gasteiger partial charge >= 0.3 is 6.18 Å². The molecule has 0 saturated carbocycles. The summed E-state index contributed by atoms with van der Waals surface area (Å²) in [5, 5.41) is 11.2. The smallest absolute Gasteiger partial charge is 0.416 e. The second kappa shape index (κ2) is 8.21. The van der Waals surface area contributed by atoms with Gasteiger partial charge in [-0.15, -0.1) is 0 Å². The summed E-state index contributed by atoms with van der Waals surface area (Å²) in [4.78, 5) is 46.2. The summed E-state index contributed by atoms with van der Waals surface area (Å²) in [6.07, 6.45) is -4.60. The molecule has 0 heterocycles. The van der Waals surface area contributed by atoms with Crippen LogP contribution in [0.4, 0.5) is 18.9 Å². The van der Waals surface area contributed by atoms with E-state index in [2.05, 4.69) is 0 Å². The minimum atomic E-state index is -4.60. The Morgan fingerprint density at radius 1 is 1.00 bits per heavy atom. The lowest BCUT2D eigenvalue weighted by Gasteiger charge is -2.12. The number of hydrogen-bond acceptors (Lipinski definition) is 6. The second-order valence-electron chi connectivity index (χ2n) is 6.08. The molecule has 2 aromatic carbocycles. The molecule has 10 heteroatoms. The van der Waals surface area contributed by atoms with E-state index in [1.54, 1.807) is 0 Å². The minimum Gasteiger partial charge on any atom is -0.457 e. The first-order valence-electron chi connectivity index (χ1n) is 8.10. The molecule has 2 aromatic rings. The van der Waals surface area contributed by atoms with E-state index in [-0.39, 0.29) is 11.5 Å². The molecule has 0 amide bonds. The lowest BCUT2D eigenvalue weighted by atomic mass is 9.90. The van der Waals surface area contributed by atoms with Crippen molar-refractivity contribution >= 4 is 23.0 Å². The minimum absolute atomic E-state index is 0.177. The van der Waals surface area contributed by atoms with E-state index in [0.717, 1.165) is 50.2 Å². The number of nitrogens with zero attached hydrogens (tertiary/aromatic N) is 1. The van der Waals surface area contributed by atoms with Crippen LogP contribution in [0.3, 0.4) is 0 Å². The highest BCUT2D eigenvalue weighted by Gasteiger charge is 2.34. The average molecular weight is 409 g/mol. The third-order valence-electron chi connectivity index (χ3n) is 3.90. The van der Waals surface area contributed by atoms with E-state index >= 15 is 0 Å². The maximum absolute atomic E-state index is 12.8. The van der Waals surface area contributed by atoms with E-state index < -0.39 is 51.2 Å². The van der Waals surface area contributed by atoms with Crippen molar-refractivity contribution in [1.29, 1.82) is 0 Å². The molecule has 29 heavy (non-hydrogen) atoms. The molecule has 0 saturated heterocycles. The quantitative estimate of drug-likeness (QED) is 0.291. The largest absolute Gasteiger partial charge is 0.457 e. The Kier molecular flexibility index (Phi) is 6.15. The van der Waals surface area contributed by atoms with Gasteiger partial charge in [0.15, 0.2) is 5.78 Å². The van der Waals surface area contributed by atoms with Gasteiger partial charge in [0.05, 0.1) is 10.5 Å². The van der Waals surface area contributed by atoms with Gasteiger partial charge in [0.25, 0.3) is 5.69 Å². The van der Waals surface area contributed by atoms with Crippen LogP contribution in [-0.2, 0) is 15.8 Å². The summed E-state index contributed by atoms with van der Waals surface area (Å²) in [5.74, 6) is -4.79. The van der Waals surface area contributed by atoms with Crippen LogP contribution >= 0.6 is 0 Å². The predicted molar refractivity (Wildman–Crippen MR) is 93.8 cm³/mol. The number of ketones is 3. The highest BCUT2D eigenvalue weighted by Crippen LogP contribution is 2.34. The summed E-state index contributed by atoms with van der Waals surface area (Å²) in [6.45, 7) is 2.00. The van der Waals surface area contributed by atoms with E-state index in [4.69, 9.17) is 4.74 Å². The van der Waals surface area contributed by atoms with Crippen LogP contribution < -0.4 is 4.74 Å². The molecule has 0 N–H and O–H groups in total. The van der Waals surface area contributed by atoms with Crippen LogP contribution in [0.25, 0.3) is 0 Å². The lowest BCUT2D eigenvalue weighted by Crippen LogP contribution is -2.29. The number of carbonyl (C=O) groups excluding carboxylic acids is 3. The Labute approximate surface area is 162 Å². The van der Waals surface area contributed by atoms with Crippen molar-refractivity contribution in [2.45, 2.75) is 20.0 Å². The van der Waals surface area contributed by atoms with Gasteiger partial charge in [-0.05, 0) is 44.2 Å².